The summed E-state index contributed by atoms with van der Waals surface area (Å²) in [7, 11) is 0. The normalized spacial score (nSPS) is 17.1. The van der Waals surface area contributed by atoms with Gasteiger partial charge in [-0.1, -0.05) is 0 Å². The fraction of sp³-hybridized carbons (Fsp3) is 0.438. The molecule has 1 aliphatic rings. The zero-order chi connectivity index (χ0) is 17.1. The van der Waals surface area contributed by atoms with Crippen molar-refractivity contribution in [1.29, 1.82) is 0 Å². The molecular weight excluding hydrogens is 308 g/mol. The first-order valence-corrected chi connectivity index (χ1v) is 7.88. The van der Waals surface area contributed by atoms with E-state index in [0.717, 1.165) is 24.2 Å². The summed E-state index contributed by atoms with van der Waals surface area (Å²) in [5.41, 5.74) is 2.43. The van der Waals surface area contributed by atoms with E-state index in [9.17, 15) is 4.79 Å². The molecule has 126 valence electrons. The summed E-state index contributed by atoms with van der Waals surface area (Å²) in [6.45, 7) is 3.94. The summed E-state index contributed by atoms with van der Waals surface area (Å²) in [5.74, 6) is 0.713. The van der Waals surface area contributed by atoms with Gasteiger partial charge in [0.2, 0.25) is 11.9 Å². The monoisotopic (exact) mass is 328 g/mol. The molecule has 1 fully saturated rings. The first kappa shape index (κ1) is 16.3. The first-order valence-electron chi connectivity index (χ1n) is 7.88. The van der Waals surface area contributed by atoms with Crippen molar-refractivity contribution in [2.75, 3.05) is 18.5 Å². The number of hydrogen-bond acceptors (Lipinski definition) is 7. The molecule has 0 bridgehead atoms. The van der Waals surface area contributed by atoms with Crippen LogP contribution in [0.1, 0.15) is 36.0 Å². The Morgan fingerprint density at radius 1 is 1.29 bits per heavy atom. The fourth-order valence-electron chi connectivity index (χ4n) is 2.96. The number of carbonyl (C=O) groups excluding carboxylic acids is 1. The number of nitrogens with zero attached hydrogens (tertiary/aromatic N) is 5. The average molecular weight is 328 g/mol. The van der Waals surface area contributed by atoms with Crippen LogP contribution >= 0.6 is 0 Å². The number of anilines is 2. The third-order valence-electron chi connectivity index (χ3n) is 3.93. The molecule has 8 nitrogen and oxygen atoms in total. The van der Waals surface area contributed by atoms with Crippen LogP contribution in [-0.4, -0.2) is 49.0 Å². The lowest BCUT2D eigenvalue weighted by molar-refractivity contribution is -0.135. The van der Waals surface area contributed by atoms with Gasteiger partial charge in [-0.15, -0.1) is 0 Å². The number of aryl methyl sites for hydroxylation is 2. The predicted molar refractivity (Wildman–Crippen MR) is 87.6 cm³/mol. The van der Waals surface area contributed by atoms with Gasteiger partial charge < -0.3 is 15.3 Å². The third-order valence-corrected chi connectivity index (χ3v) is 3.93. The molecule has 3 rings (SSSR count). The van der Waals surface area contributed by atoms with E-state index in [1.165, 1.54) is 0 Å². The summed E-state index contributed by atoms with van der Waals surface area (Å²) in [5, 5.41) is 12.2. The van der Waals surface area contributed by atoms with Gasteiger partial charge >= 0.3 is 0 Å². The number of aromatic nitrogens is 4. The second-order valence-electron chi connectivity index (χ2n) is 5.83. The molecule has 0 saturated carbocycles. The van der Waals surface area contributed by atoms with Crippen molar-refractivity contribution < 1.29 is 9.90 Å². The van der Waals surface area contributed by atoms with Crippen molar-refractivity contribution in [3.8, 4) is 0 Å². The highest BCUT2D eigenvalue weighted by molar-refractivity contribution is 5.78. The molecule has 2 aromatic rings. The maximum Gasteiger partial charge on any atom is 0.248 e. The van der Waals surface area contributed by atoms with Crippen molar-refractivity contribution in [1.82, 2.24) is 24.8 Å². The van der Waals surface area contributed by atoms with Crippen LogP contribution in [0.5, 0.6) is 0 Å². The Labute approximate surface area is 140 Å². The standard InChI is InChI=1S/C16H20N6O2/c1-10-6-11(2)19-16(18-10)21-14-8-17-7-12(20-14)13-4-3-5-22(13)15(24)9-23/h6-8,13,23H,3-5,9H2,1-2H3,(H,18,19,20,21). The van der Waals surface area contributed by atoms with Crippen LogP contribution in [0.3, 0.4) is 0 Å². The Morgan fingerprint density at radius 2 is 2.04 bits per heavy atom. The van der Waals surface area contributed by atoms with Crippen LogP contribution in [0, 0.1) is 13.8 Å². The van der Waals surface area contributed by atoms with Crippen LogP contribution in [-0.2, 0) is 4.79 Å². The largest absolute Gasteiger partial charge is 0.387 e. The Morgan fingerprint density at radius 3 is 2.75 bits per heavy atom. The molecule has 0 aliphatic carbocycles. The minimum absolute atomic E-state index is 0.154. The molecule has 0 spiro atoms. The van der Waals surface area contributed by atoms with E-state index in [0.29, 0.717) is 24.0 Å². The second kappa shape index (κ2) is 6.88. The summed E-state index contributed by atoms with van der Waals surface area (Å²) in [4.78, 5) is 30.9. The maximum absolute atomic E-state index is 11.8. The Kier molecular flexibility index (Phi) is 4.66. The minimum atomic E-state index is -0.488. The van der Waals surface area contributed by atoms with Crippen molar-refractivity contribution in [2.24, 2.45) is 0 Å². The van der Waals surface area contributed by atoms with E-state index in [4.69, 9.17) is 5.11 Å². The SMILES string of the molecule is Cc1cc(C)nc(Nc2cncc(C3CCCN3C(=O)CO)n2)n1. The summed E-state index contributed by atoms with van der Waals surface area (Å²) >= 11 is 0. The molecule has 8 heteroatoms. The molecule has 2 aromatic heterocycles. The highest BCUT2D eigenvalue weighted by atomic mass is 16.3. The van der Waals surface area contributed by atoms with Gasteiger partial charge in [0.25, 0.3) is 0 Å². The van der Waals surface area contributed by atoms with E-state index >= 15 is 0 Å². The van der Waals surface area contributed by atoms with E-state index in [2.05, 4.69) is 25.3 Å². The number of carbonyl (C=O) groups is 1. The molecule has 1 atom stereocenters. The van der Waals surface area contributed by atoms with E-state index in [1.807, 2.05) is 19.9 Å². The number of amides is 1. The molecule has 0 aromatic carbocycles. The highest BCUT2D eigenvalue weighted by Crippen LogP contribution is 2.31. The number of hydrogen-bond donors (Lipinski definition) is 2. The molecule has 3 heterocycles. The summed E-state index contributed by atoms with van der Waals surface area (Å²) in [6, 6.07) is 1.74. The second-order valence-corrected chi connectivity index (χ2v) is 5.83. The van der Waals surface area contributed by atoms with Crippen LogP contribution < -0.4 is 5.32 Å². The highest BCUT2D eigenvalue weighted by Gasteiger charge is 2.30. The topological polar surface area (TPSA) is 104 Å². The lowest BCUT2D eigenvalue weighted by Crippen LogP contribution is -2.33. The van der Waals surface area contributed by atoms with Crippen molar-refractivity contribution >= 4 is 17.7 Å². The maximum atomic E-state index is 11.8. The van der Waals surface area contributed by atoms with Crippen LogP contribution in [0.2, 0.25) is 0 Å². The van der Waals surface area contributed by atoms with Crippen LogP contribution in [0.15, 0.2) is 18.5 Å². The van der Waals surface area contributed by atoms with E-state index in [1.54, 1.807) is 17.3 Å². The van der Waals surface area contributed by atoms with Gasteiger partial charge in [0.05, 0.1) is 24.1 Å². The van der Waals surface area contributed by atoms with Gasteiger partial charge in [-0.05, 0) is 32.8 Å². The number of aliphatic hydroxyl groups excluding tert-OH is 1. The molecule has 2 N–H and O–H groups in total. The number of nitrogens with one attached hydrogen (secondary N) is 1. The van der Waals surface area contributed by atoms with E-state index in [-0.39, 0.29) is 11.9 Å². The summed E-state index contributed by atoms with van der Waals surface area (Å²) in [6.07, 6.45) is 4.94. The van der Waals surface area contributed by atoms with E-state index < -0.39 is 6.61 Å². The molecule has 1 saturated heterocycles. The van der Waals surface area contributed by atoms with Gasteiger partial charge in [0, 0.05) is 17.9 Å². The quantitative estimate of drug-likeness (QED) is 0.871. The number of aliphatic hydroxyl groups is 1. The smallest absolute Gasteiger partial charge is 0.248 e. The van der Waals surface area contributed by atoms with Crippen LogP contribution in [0.4, 0.5) is 11.8 Å². The molecule has 1 aliphatic heterocycles. The Balaban J connectivity index is 1.82. The molecule has 0 radical (unpaired) electrons. The zero-order valence-corrected chi connectivity index (χ0v) is 13.7. The van der Waals surface area contributed by atoms with Gasteiger partial charge in [0.15, 0.2) is 5.82 Å². The lowest BCUT2D eigenvalue weighted by Gasteiger charge is -2.23. The van der Waals surface area contributed by atoms with Gasteiger partial charge in [0.1, 0.15) is 6.61 Å². The summed E-state index contributed by atoms with van der Waals surface area (Å²) < 4.78 is 0. The Bertz CT molecular complexity index is 731. The minimum Gasteiger partial charge on any atom is -0.387 e. The first-order chi connectivity index (χ1) is 11.6. The predicted octanol–water partition coefficient (Wildman–Crippen LogP) is 1.28. The van der Waals surface area contributed by atoms with Gasteiger partial charge in [-0.25, -0.2) is 15.0 Å². The molecule has 1 unspecified atom stereocenters. The molecule has 24 heavy (non-hydrogen) atoms. The number of likely N-dealkylation sites (tertiary alicyclic amines) is 1. The van der Waals surface area contributed by atoms with Crippen molar-refractivity contribution in [3.05, 3.63) is 35.5 Å². The fourth-order valence-corrected chi connectivity index (χ4v) is 2.96. The van der Waals surface area contributed by atoms with Crippen molar-refractivity contribution in [3.63, 3.8) is 0 Å². The van der Waals surface area contributed by atoms with Gasteiger partial charge in [-0.2, -0.15) is 0 Å². The van der Waals surface area contributed by atoms with Crippen molar-refractivity contribution in [2.45, 2.75) is 32.7 Å². The van der Waals surface area contributed by atoms with Gasteiger partial charge in [-0.3, -0.25) is 9.78 Å². The number of rotatable bonds is 4. The average Bonchev–Trinajstić information content (AvgIpc) is 3.03. The van der Waals surface area contributed by atoms with Crippen LogP contribution in [0.25, 0.3) is 0 Å². The lowest BCUT2D eigenvalue weighted by atomic mass is 10.1. The molecular formula is C16H20N6O2. The molecule has 1 amide bonds. The third kappa shape index (κ3) is 3.48. The Hall–Kier alpha value is -2.61. The zero-order valence-electron chi connectivity index (χ0n) is 13.7.